The second-order valence-corrected chi connectivity index (χ2v) is 6.66. The second-order valence-electron chi connectivity index (χ2n) is 5.18. The first-order valence-electron chi connectivity index (χ1n) is 6.61. The molecule has 0 saturated carbocycles. The molecule has 2 heterocycles. The molecular weight excluding hydrogens is 356 g/mol. The highest BCUT2D eigenvalue weighted by molar-refractivity contribution is 9.10. The summed E-state index contributed by atoms with van der Waals surface area (Å²) in [6.45, 7) is 4.90. The molecule has 1 aromatic rings. The molecular formula is C14H18Br2N2. The van der Waals surface area contributed by atoms with Gasteiger partial charge in [-0.2, -0.15) is 0 Å². The van der Waals surface area contributed by atoms with E-state index in [0.717, 1.165) is 17.9 Å². The summed E-state index contributed by atoms with van der Waals surface area (Å²) in [5.41, 5.74) is 2.79. The minimum absolute atomic E-state index is 0.783. The summed E-state index contributed by atoms with van der Waals surface area (Å²) in [6.07, 6.45) is 2.75. The molecule has 0 amide bonds. The van der Waals surface area contributed by atoms with Gasteiger partial charge in [0.1, 0.15) is 0 Å². The van der Waals surface area contributed by atoms with Crippen molar-refractivity contribution < 1.29 is 0 Å². The maximum Gasteiger partial charge on any atom is 0.0409 e. The van der Waals surface area contributed by atoms with Gasteiger partial charge in [-0.3, -0.25) is 4.90 Å². The zero-order valence-electron chi connectivity index (χ0n) is 10.4. The fourth-order valence-corrected chi connectivity index (χ4v) is 4.04. The van der Waals surface area contributed by atoms with Gasteiger partial charge >= 0.3 is 0 Å². The smallest absolute Gasteiger partial charge is 0.0409 e. The number of halogens is 2. The Balaban J connectivity index is 1.82. The topological polar surface area (TPSA) is 6.48 Å². The molecule has 3 rings (SSSR count). The molecule has 0 radical (unpaired) electrons. The van der Waals surface area contributed by atoms with Crippen LogP contribution in [0.25, 0.3) is 0 Å². The number of nitrogens with zero attached hydrogens (tertiary/aromatic N) is 2. The van der Waals surface area contributed by atoms with Crippen molar-refractivity contribution in [3.8, 4) is 0 Å². The quantitative estimate of drug-likeness (QED) is 0.730. The van der Waals surface area contributed by atoms with Crippen molar-refractivity contribution in [1.29, 1.82) is 0 Å². The van der Waals surface area contributed by atoms with E-state index in [1.807, 2.05) is 0 Å². The Kier molecular flexibility index (Phi) is 3.97. The Hall–Kier alpha value is -0.0600. The Morgan fingerprint density at radius 2 is 2.11 bits per heavy atom. The van der Waals surface area contributed by atoms with Crippen molar-refractivity contribution in [2.45, 2.75) is 24.2 Å². The Labute approximate surface area is 126 Å². The van der Waals surface area contributed by atoms with Gasteiger partial charge < -0.3 is 4.90 Å². The van der Waals surface area contributed by atoms with Crippen LogP contribution in [0.4, 0.5) is 5.69 Å². The summed E-state index contributed by atoms with van der Waals surface area (Å²) in [5.74, 6) is 0. The molecule has 0 aliphatic carbocycles. The molecule has 0 spiro atoms. The molecule has 0 bridgehead atoms. The SMILES string of the molecule is BrCc1cc(Br)ccc1N1CCN2CCCC2C1. The first-order chi connectivity index (χ1) is 8.78. The normalized spacial score (nSPS) is 24.3. The lowest BCUT2D eigenvalue weighted by Gasteiger charge is -2.39. The van der Waals surface area contributed by atoms with Crippen molar-refractivity contribution in [3.05, 3.63) is 28.2 Å². The van der Waals surface area contributed by atoms with Crippen LogP contribution in [0, 0.1) is 0 Å². The van der Waals surface area contributed by atoms with Gasteiger partial charge in [-0.05, 0) is 43.1 Å². The first kappa shape index (κ1) is 12.9. The molecule has 1 atom stereocenters. The highest BCUT2D eigenvalue weighted by Gasteiger charge is 2.31. The third-order valence-electron chi connectivity index (χ3n) is 4.11. The molecule has 0 N–H and O–H groups in total. The van der Waals surface area contributed by atoms with E-state index < -0.39 is 0 Å². The van der Waals surface area contributed by atoms with Crippen LogP contribution in [-0.4, -0.2) is 37.1 Å². The highest BCUT2D eigenvalue weighted by Crippen LogP contribution is 2.30. The van der Waals surface area contributed by atoms with Crippen LogP contribution in [0.15, 0.2) is 22.7 Å². The van der Waals surface area contributed by atoms with Crippen LogP contribution >= 0.6 is 31.9 Å². The lowest BCUT2D eigenvalue weighted by molar-refractivity contribution is 0.231. The number of hydrogen-bond acceptors (Lipinski definition) is 2. The molecule has 2 saturated heterocycles. The molecule has 1 unspecified atom stereocenters. The Morgan fingerprint density at radius 3 is 2.94 bits per heavy atom. The highest BCUT2D eigenvalue weighted by atomic mass is 79.9. The predicted octanol–water partition coefficient (Wildman–Crippen LogP) is 3.63. The second kappa shape index (κ2) is 5.51. The van der Waals surface area contributed by atoms with E-state index in [-0.39, 0.29) is 0 Å². The number of alkyl halides is 1. The third-order valence-corrected chi connectivity index (χ3v) is 5.21. The van der Waals surface area contributed by atoms with Crippen LogP contribution in [0.3, 0.4) is 0 Å². The van der Waals surface area contributed by atoms with E-state index >= 15 is 0 Å². The zero-order valence-corrected chi connectivity index (χ0v) is 13.6. The van der Waals surface area contributed by atoms with Crippen molar-refractivity contribution in [1.82, 2.24) is 4.90 Å². The zero-order chi connectivity index (χ0) is 12.5. The number of benzene rings is 1. The van der Waals surface area contributed by atoms with Crippen LogP contribution in [-0.2, 0) is 5.33 Å². The molecule has 2 nitrogen and oxygen atoms in total. The molecule has 98 valence electrons. The van der Waals surface area contributed by atoms with E-state index in [4.69, 9.17) is 0 Å². The summed E-state index contributed by atoms with van der Waals surface area (Å²) in [4.78, 5) is 5.22. The monoisotopic (exact) mass is 372 g/mol. The van der Waals surface area contributed by atoms with Crippen molar-refractivity contribution >= 4 is 37.5 Å². The van der Waals surface area contributed by atoms with Crippen molar-refractivity contribution in [3.63, 3.8) is 0 Å². The van der Waals surface area contributed by atoms with Gasteiger partial charge in [0.15, 0.2) is 0 Å². The Morgan fingerprint density at radius 1 is 1.22 bits per heavy atom. The number of fused-ring (bicyclic) bond motifs is 1. The van der Waals surface area contributed by atoms with E-state index in [2.05, 4.69) is 59.9 Å². The molecule has 2 aliphatic heterocycles. The maximum atomic E-state index is 3.61. The van der Waals surface area contributed by atoms with E-state index in [0.29, 0.717) is 0 Å². The van der Waals surface area contributed by atoms with Crippen molar-refractivity contribution in [2.75, 3.05) is 31.1 Å². The molecule has 1 aromatic carbocycles. The van der Waals surface area contributed by atoms with Crippen LogP contribution in [0.2, 0.25) is 0 Å². The lowest BCUT2D eigenvalue weighted by atomic mass is 10.1. The summed E-state index contributed by atoms with van der Waals surface area (Å²) in [7, 11) is 0. The number of hydrogen-bond donors (Lipinski definition) is 0. The Bertz CT molecular complexity index is 436. The van der Waals surface area contributed by atoms with Gasteiger partial charge in [0.25, 0.3) is 0 Å². The van der Waals surface area contributed by atoms with Gasteiger partial charge in [0.2, 0.25) is 0 Å². The minimum atomic E-state index is 0.783. The average molecular weight is 374 g/mol. The van der Waals surface area contributed by atoms with Crippen molar-refractivity contribution in [2.24, 2.45) is 0 Å². The fraction of sp³-hybridized carbons (Fsp3) is 0.571. The summed E-state index contributed by atoms with van der Waals surface area (Å²) in [6, 6.07) is 7.42. The summed E-state index contributed by atoms with van der Waals surface area (Å²) in [5, 5.41) is 0.923. The number of rotatable bonds is 2. The van der Waals surface area contributed by atoms with Crippen LogP contribution in [0.1, 0.15) is 18.4 Å². The molecule has 0 aromatic heterocycles. The van der Waals surface area contributed by atoms with Gasteiger partial charge in [-0.1, -0.05) is 31.9 Å². The first-order valence-corrected chi connectivity index (χ1v) is 8.53. The predicted molar refractivity (Wildman–Crippen MR) is 83.6 cm³/mol. The molecule has 18 heavy (non-hydrogen) atoms. The molecule has 4 heteroatoms. The van der Waals surface area contributed by atoms with Gasteiger partial charge in [0.05, 0.1) is 0 Å². The summed E-state index contributed by atoms with van der Waals surface area (Å²) >= 11 is 7.17. The minimum Gasteiger partial charge on any atom is -0.368 e. The third kappa shape index (κ3) is 2.47. The van der Waals surface area contributed by atoms with E-state index in [9.17, 15) is 0 Å². The lowest BCUT2D eigenvalue weighted by Crippen LogP contribution is -2.50. The average Bonchev–Trinajstić information content (AvgIpc) is 2.85. The maximum absolute atomic E-state index is 3.61. The van der Waals surface area contributed by atoms with Gasteiger partial charge in [-0.15, -0.1) is 0 Å². The fourth-order valence-electron chi connectivity index (χ4n) is 3.18. The van der Waals surface area contributed by atoms with Gasteiger partial charge in [0, 0.05) is 41.2 Å². The van der Waals surface area contributed by atoms with Crippen LogP contribution in [0.5, 0.6) is 0 Å². The summed E-state index contributed by atoms with van der Waals surface area (Å²) < 4.78 is 1.17. The van der Waals surface area contributed by atoms with Gasteiger partial charge in [-0.25, -0.2) is 0 Å². The number of piperazine rings is 1. The number of anilines is 1. The van der Waals surface area contributed by atoms with E-state index in [1.165, 1.54) is 48.2 Å². The van der Waals surface area contributed by atoms with Crippen LogP contribution < -0.4 is 4.90 Å². The molecule has 2 aliphatic rings. The van der Waals surface area contributed by atoms with E-state index in [1.54, 1.807) is 0 Å². The largest absolute Gasteiger partial charge is 0.368 e. The molecule has 2 fully saturated rings. The standard InChI is InChI=1S/C14H18Br2N2/c15-9-11-8-12(16)3-4-14(11)18-7-6-17-5-1-2-13(17)10-18/h3-4,8,13H,1-2,5-7,9-10H2.